The van der Waals surface area contributed by atoms with Gasteiger partial charge in [0, 0.05) is 56.2 Å². The highest BCUT2D eigenvalue weighted by Gasteiger charge is 2.72. The average molecular weight is 728 g/mol. The lowest BCUT2D eigenvalue weighted by molar-refractivity contribution is -0.154. The smallest absolute Gasteiger partial charge is 0.328 e. The van der Waals surface area contributed by atoms with Crippen LogP contribution in [0.1, 0.15) is 124 Å². The number of carbonyl (C=O) groups excluding carboxylic acids is 5. The Hall–Kier alpha value is -2.83. The molecule has 0 aromatic rings. The van der Waals surface area contributed by atoms with Crippen molar-refractivity contribution < 1.29 is 42.9 Å². The molecule has 52 heavy (non-hydrogen) atoms. The largest absolute Gasteiger partial charge is 0.464 e. The number of methoxy groups -OCH3 is 1. The van der Waals surface area contributed by atoms with Crippen LogP contribution in [0.25, 0.3) is 0 Å². The highest BCUT2D eigenvalue weighted by molar-refractivity contribution is 5.89. The second kappa shape index (κ2) is 15.5. The van der Waals surface area contributed by atoms with Gasteiger partial charge in [0.2, 0.25) is 17.7 Å². The van der Waals surface area contributed by atoms with Crippen LogP contribution in [-0.2, 0) is 42.9 Å². The third-order valence-corrected chi connectivity index (χ3v) is 13.5. The molecule has 4 aliphatic carbocycles. The number of rotatable bonds is 16. The highest BCUT2D eigenvalue weighted by Crippen LogP contribution is 2.60. The first kappa shape index (κ1) is 38.9. The number of ether oxygens (including phenoxy) is 4. The lowest BCUT2D eigenvalue weighted by atomic mass is 9.53. The fourth-order valence-corrected chi connectivity index (χ4v) is 9.94. The Kier molecular flexibility index (Phi) is 11.6. The summed E-state index contributed by atoms with van der Waals surface area (Å²) in [7, 11) is 1.73. The molecular formula is C40H61N3O9. The van der Waals surface area contributed by atoms with Crippen LogP contribution < -0.4 is 10.6 Å². The topological polar surface area (TPSA) is 156 Å². The van der Waals surface area contributed by atoms with Crippen molar-refractivity contribution in [3.63, 3.8) is 0 Å². The predicted molar refractivity (Wildman–Crippen MR) is 192 cm³/mol. The SMILES string of the molecule is CCC(=O)CCC(=O)N1CCC[C@H]1C(=O)OCCCNC(=O)C12CCC(C(=O)N[C@@H]3CC[C@]4(CO4)[C@@H](C4(C)O[C@@H]4CC=C(C)C)[C@@H]3OC)(CC1)CC2. The Morgan fingerprint density at radius 2 is 1.62 bits per heavy atom. The number of nitrogens with zero attached hydrogens (tertiary/aromatic N) is 1. The summed E-state index contributed by atoms with van der Waals surface area (Å²) in [5.41, 5.74) is -0.269. The molecule has 1 unspecified atom stereocenters. The molecule has 3 heterocycles. The molecule has 3 saturated heterocycles. The lowest BCUT2D eigenvalue weighted by Gasteiger charge is -2.52. The van der Waals surface area contributed by atoms with E-state index in [2.05, 4.69) is 37.5 Å². The van der Waals surface area contributed by atoms with E-state index in [1.54, 1.807) is 18.9 Å². The van der Waals surface area contributed by atoms with Crippen molar-refractivity contribution in [2.75, 3.05) is 33.4 Å². The number of nitrogens with one attached hydrogen (secondary N) is 2. The molecule has 3 aliphatic heterocycles. The number of Topliss-reactive ketones (excluding diaryl/α,β-unsaturated/α-hetero) is 1. The van der Waals surface area contributed by atoms with Gasteiger partial charge in [0.25, 0.3) is 0 Å². The van der Waals surface area contributed by atoms with Crippen LogP contribution >= 0.6 is 0 Å². The molecule has 7 aliphatic rings. The number of hydrogen-bond donors (Lipinski definition) is 2. The predicted octanol–water partition coefficient (Wildman–Crippen LogP) is 4.32. The van der Waals surface area contributed by atoms with E-state index in [9.17, 15) is 24.0 Å². The Morgan fingerprint density at radius 3 is 2.23 bits per heavy atom. The number of epoxide rings is 2. The molecule has 0 aromatic carbocycles. The van der Waals surface area contributed by atoms with Crippen LogP contribution in [0.15, 0.2) is 11.6 Å². The van der Waals surface area contributed by atoms with E-state index in [-0.39, 0.29) is 78.3 Å². The molecule has 3 amide bonds. The highest BCUT2D eigenvalue weighted by atomic mass is 16.6. The van der Waals surface area contributed by atoms with Gasteiger partial charge < -0.3 is 34.5 Å². The van der Waals surface area contributed by atoms with Gasteiger partial charge in [0.15, 0.2) is 0 Å². The Labute approximate surface area is 308 Å². The van der Waals surface area contributed by atoms with Crippen molar-refractivity contribution >= 4 is 29.5 Å². The zero-order valence-corrected chi connectivity index (χ0v) is 32.0. The summed E-state index contributed by atoms with van der Waals surface area (Å²) >= 11 is 0. The number of carbonyl (C=O) groups is 5. The molecule has 7 atom stereocenters. The van der Waals surface area contributed by atoms with Gasteiger partial charge in [-0.2, -0.15) is 0 Å². The van der Waals surface area contributed by atoms with Gasteiger partial charge >= 0.3 is 5.97 Å². The number of esters is 1. The van der Waals surface area contributed by atoms with Crippen LogP contribution in [0, 0.1) is 16.7 Å². The van der Waals surface area contributed by atoms with Gasteiger partial charge in [0.05, 0.1) is 37.1 Å². The van der Waals surface area contributed by atoms with Gasteiger partial charge in [-0.05, 0) is 97.8 Å². The fraction of sp³-hybridized carbons (Fsp3) is 0.825. The van der Waals surface area contributed by atoms with Gasteiger partial charge in [-0.3, -0.25) is 19.2 Å². The van der Waals surface area contributed by atoms with Crippen molar-refractivity contribution in [1.82, 2.24) is 15.5 Å². The van der Waals surface area contributed by atoms with E-state index in [1.807, 2.05) is 0 Å². The van der Waals surface area contributed by atoms with E-state index < -0.39 is 22.8 Å². The van der Waals surface area contributed by atoms with Crippen LogP contribution in [-0.4, -0.2) is 103 Å². The van der Waals surface area contributed by atoms with Crippen molar-refractivity contribution in [3.05, 3.63) is 11.6 Å². The monoisotopic (exact) mass is 727 g/mol. The summed E-state index contributed by atoms with van der Waals surface area (Å²) in [5.74, 6) is -0.433. The number of fused-ring (bicyclic) bond motifs is 3. The Morgan fingerprint density at radius 1 is 0.942 bits per heavy atom. The van der Waals surface area contributed by atoms with Crippen LogP contribution in [0.2, 0.25) is 0 Å². The van der Waals surface area contributed by atoms with Gasteiger partial charge in [0.1, 0.15) is 17.4 Å². The quantitative estimate of drug-likeness (QED) is 0.102. The maximum Gasteiger partial charge on any atom is 0.328 e. The van der Waals surface area contributed by atoms with E-state index in [1.165, 1.54) is 5.57 Å². The molecule has 12 nitrogen and oxygen atoms in total. The van der Waals surface area contributed by atoms with Crippen molar-refractivity contribution in [3.8, 4) is 0 Å². The van der Waals surface area contributed by atoms with Crippen molar-refractivity contribution in [2.45, 2.75) is 160 Å². The molecule has 1 spiro atoms. The number of hydrogen-bond acceptors (Lipinski definition) is 9. The van der Waals surface area contributed by atoms with E-state index >= 15 is 0 Å². The van der Waals surface area contributed by atoms with Crippen LogP contribution in [0.4, 0.5) is 0 Å². The molecule has 12 heteroatoms. The molecule has 0 aromatic heterocycles. The summed E-state index contributed by atoms with van der Waals surface area (Å²) in [4.78, 5) is 66.1. The minimum absolute atomic E-state index is 0.0198. The third-order valence-electron chi connectivity index (χ3n) is 13.5. The minimum atomic E-state index is -0.608. The maximum atomic E-state index is 14.1. The first-order chi connectivity index (χ1) is 24.8. The second-order valence-electron chi connectivity index (χ2n) is 16.9. The molecule has 2 N–H and O–H groups in total. The molecule has 4 saturated carbocycles. The van der Waals surface area contributed by atoms with Gasteiger partial charge in [-0.15, -0.1) is 0 Å². The van der Waals surface area contributed by atoms with Crippen molar-refractivity contribution in [1.29, 1.82) is 0 Å². The average Bonchev–Trinajstić information content (AvgIpc) is 4.00. The summed E-state index contributed by atoms with van der Waals surface area (Å²) < 4.78 is 24.1. The zero-order valence-electron chi connectivity index (χ0n) is 32.0. The molecule has 7 rings (SSSR count). The first-order valence-corrected chi connectivity index (χ1v) is 19.9. The maximum absolute atomic E-state index is 14.1. The molecule has 7 fully saturated rings. The van der Waals surface area contributed by atoms with E-state index in [4.69, 9.17) is 18.9 Å². The van der Waals surface area contributed by atoms with Gasteiger partial charge in [-0.1, -0.05) is 18.6 Å². The zero-order chi connectivity index (χ0) is 37.3. The summed E-state index contributed by atoms with van der Waals surface area (Å²) in [6.45, 7) is 9.89. The molecule has 2 bridgehead atoms. The van der Waals surface area contributed by atoms with E-state index in [0.29, 0.717) is 77.5 Å². The third kappa shape index (κ3) is 7.71. The summed E-state index contributed by atoms with van der Waals surface area (Å²) in [5, 5.41) is 6.52. The number of amides is 3. The fourth-order valence-electron chi connectivity index (χ4n) is 9.94. The lowest BCUT2D eigenvalue weighted by Crippen LogP contribution is -2.62. The minimum Gasteiger partial charge on any atom is -0.464 e. The van der Waals surface area contributed by atoms with Gasteiger partial charge in [-0.25, -0.2) is 4.79 Å². The Bertz CT molecular complexity index is 1400. The number of likely N-dealkylation sites (tertiary alicyclic amines) is 1. The summed E-state index contributed by atoms with van der Waals surface area (Å²) in [6, 6.07) is -0.736. The van der Waals surface area contributed by atoms with Crippen LogP contribution in [0.3, 0.4) is 0 Å². The van der Waals surface area contributed by atoms with Crippen LogP contribution in [0.5, 0.6) is 0 Å². The second-order valence-corrected chi connectivity index (χ2v) is 16.9. The number of allylic oxidation sites excluding steroid dienone is 1. The molecule has 0 radical (unpaired) electrons. The Balaban J connectivity index is 0.944. The molecule has 290 valence electrons. The standard InChI is InChI=1S/C40H61N3O9/c1-6-27(44)11-13-31(45)43-23-7-9-29(43)34(46)50-24-8-22-41-35(47)38-16-19-39(20-17-38,21-18-38)36(48)42-28-14-15-40(25-51-40)33(32(28)49-5)37(4)30(52-37)12-10-26(2)3/h10,28-30,32-33H,6-9,11-25H2,1-5H3,(H,41,47)(H,42,48)/t28-,29+,30-,32-,33-,37?,38?,39?,40+/m1/s1. The molecular weight excluding hydrogens is 666 g/mol. The van der Waals surface area contributed by atoms with E-state index in [0.717, 1.165) is 25.7 Å². The normalized spacial score (nSPS) is 37.3. The van der Waals surface area contributed by atoms with Crippen molar-refractivity contribution in [2.24, 2.45) is 16.7 Å². The first-order valence-electron chi connectivity index (χ1n) is 19.9. The summed E-state index contributed by atoms with van der Waals surface area (Å²) in [6.07, 6.45) is 11.2. The number of ketones is 1.